The molecule has 1 unspecified atom stereocenters. The van der Waals surface area contributed by atoms with E-state index in [-0.39, 0.29) is 11.7 Å². The van der Waals surface area contributed by atoms with Crippen LogP contribution in [0.1, 0.15) is 65.2 Å². The lowest BCUT2D eigenvalue weighted by atomic mass is 9.82. The van der Waals surface area contributed by atoms with Crippen LogP contribution in [-0.4, -0.2) is 22.8 Å². The Morgan fingerprint density at radius 2 is 1.94 bits per heavy atom. The molecule has 2 aliphatic rings. The van der Waals surface area contributed by atoms with Crippen molar-refractivity contribution >= 4 is 5.97 Å². The van der Waals surface area contributed by atoms with Crippen LogP contribution in [0.25, 0.3) is 0 Å². The van der Waals surface area contributed by atoms with Crippen LogP contribution in [0, 0.1) is 5.41 Å². The molecule has 1 aliphatic heterocycles. The molecule has 0 aromatic carbocycles. The molecule has 3 nitrogen and oxygen atoms in total. The molecule has 0 aromatic heterocycles. The molecule has 1 saturated carbocycles. The molecular formula is C14H24O3. The Labute approximate surface area is 104 Å². The molecule has 2 rings (SSSR count). The van der Waals surface area contributed by atoms with E-state index >= 15 is 0 Å². The Morgan fingerprint density at radius 3 is 2.53 bits per heavy atom. The maximum Gasteiger partial charge on any atom is 0.309 e. The second-order valence-electron chi connectivity index (χ2n) is 6.42. The van der Waals surface area contributed by atoms with Crippen LogP contribution in [0.5, 0.6) is 0 Å². The van der Waals surface area contributed by atoms with Gasteiger partial charge in [-0.1, -0.05) is 19.3 Å². The Morgan fingerprint density at radius 1 is 1.29 bits per heavy atom. The van der Waals surface area contributed by atoms with Gasteiger partial charge < -0.3 is 9.84 Å². The van der Waals surface area contributed by atoms with Gasteiger partial charge in [0, 0.05) is 0 Å². The highest BCUT2D eigenvalue weighted by atomic mass is 16.5. The summed E-state index contributed by atoms with van der Waals surface area (Å²) in [5.41, 5.74) is -0.553. The monoisotopic (exact) mass is 240 g/mol. The quantitative estimate of drug-likeness (QED) is 0.822. The van der Waals surface area contributed by atoms with E-state index < -0.39 is 11.4 Å². The first-order valence-corrected chi connectivity index (χ1v) is 6.85. The van der Waals surface area contributed by atoms with Gasteiger partial charge in [0.25, 0.3) is 0 Å². The molecule has 1 aliphatic carbocycles. The summed E-state index contributed by atoms with van der Waals surface area (Å²) in [5.74, 6) is -0.717. The fourth-order valence-electron chi connectivity index (χ4n) is 3.26. The zero-order valence-corrected chi connectivity index (χ0v) is 11.0. The summed E-state index contributed by atoms with van der Waals surface area (Å²) in [5, 5.41) is 9.15. The third-order valence-corrected chi connectivity index (χ3v) is 4.42. The number of carbonyl (C=O) groups is 1. The predicted molar refractivity (Wildman–Crippen MR) is 66.0 cm³/mol. The summed E-state index contributed by atoms with van der Waals surface area (Å²) in [6.45, 7) is 3.59. The summed E-state index contributed by atoms with van der Waals surface area (Å²) in [4.78, 5) is 11.1. The van der Waals surface area contributed by atoms with Gasteiger partial charge >= 0.3 is 5.97 Å². The van der Waals surface area contributed by atoms with Gasteiger partial charge in [-0.15, -0.1) is 0 Å². The van der Waals surface area contributed by atoms with E-state index in [9.17, 15) is 4.79 Å². The fourth-order valence-corrected chi connectivity index (χ4v) is 3.26. The molecule has 1 saturated heterocycles. The lowest BCUT2D eigenvalue weighted by molar-refractivity contribution is -0.150. The molecule has 0 bridgehead atoms. The standard InChI is InChI=1S/C14H24O3/c1-13(2,12(15)16)10-11-6-9-14(17-11)7-4-3-5-8-14/h11H,3-10H2,1-2H3,(H,15,16). The molecule has 1 spiro atoms. The first kappa shape index (κ1) is 12.9. The van der Waals surface area contributed by atoms with Crippen molar-refractivity contribution in [2.24, 2.45) is 5.41 Å². The number of carboxylic acids is 1. The maximum absolute atomic E-state index is 11.1. The molecular weight excluding hydrogens is 216 g/mol. The fraction of sp³-hybridized carbons (Fsp3) is 0.929. The largest absolute Gasteiger partial charge is 0.481 e. The van der Waals surface area contributed by atoms with Crippen LogP contribution >= 0.6 is 0 Å². The predicted octanol–water partition coefficient (Wildman–Crippen LogP) is 3.37. The molecule has 98 valence electrons. The van der Waals surface area contributed by atoms with E-state index in [0.29, 0.717) is 6.42 Å². The van der Waals surface area contributed by atoms with Gasteiger partial charge in [0.05, 0.1) is 17.1 Å². The summed E-state index contributed by atoms with van der Waals surface area (Å²) in [6.07, 6.45) is 9.20. The average molecular weight is 240 g/mol. The van der Waals surface area contributed by atoms with Gasteiger partial charge in [-0.25, -0.2) is 0 Å². The topological polar surface area (TPSA) is 46.5 Å². The highest BCUT2D eigenvalue weighted by Gasteiger charge is 2.43. The number of carboxylic acid groups (broad SMARTS) is 1. The van der Waals surface area contributed by atoms with E-state index in [4.69, 9.17) is 9.84 Å². The van der Waals surface area contributed by atoms with E-state index in [1.165, 1.54) is 32.1 Å². The van der Waals surface area contributed by atoms with Crippen LogP contribution in [0.15, 0.2) is 0 Å². The van der Waals surface area contributed by atoms with E-state index in [2.05, 4.69) is 0 Å². The molecule has 3 heteroatoms. The van der Waals surface area contributed by atoms with Gasteiger partial charge in [0.2, 0.25) is 0 Å². The zero-order chi connectivity index (χ0) is 12.5. The summed E-state index contributed by atoms with van der Waals surface area (Å²) < 4.78 is 6.21. The number of aliphatic carboxylic acids is 1. The molecule has 2 fully saturated rings. The highest BCUT2D eigenvalue weighted by Crippen LogP contribution is 2.44. The van der Waals surface area contributed by atoms with Crippen LogP contribution in [0.4, 0.5) is 0 Å². The highest BCUT2D eigenvalue weighted by molar-refractivity contribution is 5.73. The van der Waals surface area contributed by atoms with E-state index in [1.807, 2.05) is 0 Å². The minimum atomic E-state index is -0.717. The third kappa shape index (κ3) is 2.82. The van der Waals surface area contributed by atoms with Gasteiger partial charge in [-0.3, -0.25) is 4.79 Å². The lowest BCUT2D eigenvalue weighted by Gasteiger charge is -2.34. The molecule has 0 radical (unpaired) electrons. The molecule has 1 heterocycles. The first-order valence-electron chi connectivity index (χ1n) is 6.85. The number of hydrogen-bond donors (Lipinski definition) is 1. The van der Waals surface area contributed by atoms with E-state index in [0.717, 1.165) is 12.8 Å². The SMILES string of the molecule is CC(C)(CC1CCC2(CCCCC2)O1)C(=O)O. The summed E-state index contributed by atoms with van der Waals surface area (Å²) in [6, 6.07) is 0. The summed E-state index contributed by atoms with van der Waals surface area (Å²) >= 11 is 0. The first-order chi connectivity index (χ1) is 7.94. The number of hydrogen-bond acceptors (Lipinski definition) is 2. The Bertz CT molecular complexity index is 290. The third-order valence-electron chi connectivity index (χ3n) is 4.42. The van der Waals surface area contributed by atoms with Crippen molar-refractivity contribution in [1.29, 1.82) is 0 Å². The van der Waals surface area contributed by atoms with Crippen LogP contribution in [0.2, 0.25) is 0 Å². The molecule has 0 amide bonds. The van der Waals surface area contributed by atoms with Gasteiger partial charge in [0.15, 0.2) is 0 Å². The van der Waals surface area contributed by atoms with Crippen molar-refractivity contribution in [3.8, 4) is 0 Å². The zero-order valence-electron chi connectivity index (χ0n) is 11.0. The minimum absolute atomic E-state index is 0.109. The minimum Gasteiger partial charge on any atom is -0.481 e. The van der Waals surface area contributed by atoms with Gasteiger partial charge in [-0.05, 0) is 46.0 Å². The second-order valence-corrected chi connectivity index (χ2v) is 6.42. The van der Waals surface area contributed by atoms with Crippen molar-refractivity contribution < 1.29 is 14.6 Å². The second kappa shape index (κ2) is 4.60. The number of ether oxygens (including phenoxy) is 1. The number of rotatable bonds is 3. The normalized spacial score (nSPS) is 28.5. The van der Waals surface area contributed by atoms with Crippen molar-refractivity contribution in [2.45, 2.75) is 76.9 Å². The Balaban J connectivity index is 1.91. The van der Waals surface area contributed by atoms with Crippen molar-refractivity contribution in [3.63, 3.8) is 0 Å². The van der Waals surface area contributed by atoms with Gasteiger partial charge in [0.1, 0.15) is 0 Å². The van der Waals surface area contributed by atoms with Crippen LogP contribution in [0.3, 0.4) is 0 Å². The van der Waals surface area contributed by atoms with Crippen molar-refractivity contribution in [2.75, 3.05) is 0 Å². The molecule has 0 aromatic rings. The Kier molecular flexibility index (Phi) is 3.48. The molecule has 1 atom stereocenters. The Hall–Kier alpha value is -0.570. The van der Waals surface area contributed by atoms with Crippen molar-refractivity contribution in [1.82, 2.24) is 0 Å². The lowest BCUT2D eigenvalue weighted by Crippen LogP contribution is -2.34. The summed E-state index contributed by atoms with van der Waals surface area (Å²) in [7, 11) is 0. The smallest absolute Gasteiger partial charge is 0.309 e. The van der Waals surface area contributed by atoms with E-state index in [1.54, 1.807) is 13.8 Å². The molecule has 17 heavy (non-hydrogen) atoms. The molecule has 1 N–H and O–H groups in total. The van der Waals surface area contributed by atoms with Crippen molar-refractivity contribution in [3.05, 3.63) is 0 Å². The van der Waals surface area contributed by atoms with Crippen LogP contribution in [-0.2, 0) is 9.53 Å². The van der Waals surface area contributed by atoms with Crippen LogP contribution < -0.4 is 0 Å². The maximum atomic E-state index is 11.1. The average Bonchev–Trinajstić information content (AvgIpc) is 2.61. The van der Waals surface area contributed by atoms with Gasteiger partial charge in [-0.2, -0.15) is 0 Å².